The van der Waals surface area contributed by atoms with E-state index in [0.717, 1.165) is 77.5 Å². The number of nitrogens with zero attached hydrogens (tertiary/aromatic N) is 2. The lowest BCUT2D eigenvalue weighted by molar-refractivity contribution is -0.450. The fourth-order valence-electron chi connectivity index (χ4n) is 6.52. The average Bonchev–Trinajstić information content (AvgIpc) is 3.08. The highest BCUT2D eigenvalue weighted by molar-refractivity contribution is 7.85. The number of rotatable bonds is 12. The molecular weight excluding hydrogens is 603 g/mol. The molecule has 0 spiro atoms. The van der Waals surface area contributed by atoms with Crippen LogP contribution >= 0.6 is 0 Å². The maximum atomic E-state index is 11.7. The van der Waals surface area contributed by atoms with Crippen molar-refractivity contribution >= 4 is 38.4 Å². The second kappa shape index (κ2) is 15.0. The first-order chi connectivity index (χ1) is 22.7. The van der Waals surface area contributed by atoms with Crippen LogP contribution in [-0.2, 0) is 16.5 Å². The zero-order valence-electron chi connectivity index (χ0n) is 28.1. The first kappa shape index (κ1) is 33.9. The SMILES string of the molecule is CC[NH+]=C1C=C/C(=C(\c2ccc(N(CC)CC)cc2)c2ccc(N(CC)CC)c(Cc3ccc(S(=O)(=O)O)cc3)c2)c2ccccc21. The molecule has 0 bridgehead atoms. The maximum Gasteiger partial charge on any atom is 0.294 e. The van der Waals surface area contributed by atoms with Gasteiger partial charge in [-0.2, -0.15) is 8.42 Å². The molecule has 1 aliphatic rings. The average molecular weight is 649 g/mol. The molecule has 1 aliphatic carbocycles. The topological polar surface area (TPSA) is 74.8 Å². The molecule has 5 rings (SSSR count). The zero-order valence-corrected chi connectivity index (χ0v) is 28.9. The molecule has 4 aromatic rings. The monoisotopic (exact) mass is 648 g/mol. The van der Waals surface area contributed by atoms with Crippen molar-refractivity contribution in [2.45, 2.75) is 45.9 Å². The third-order valence-electron chi connectivity index (χ3n) is 8.93. The van der Waals surface area contributed by atoms with Gasteiger partial charge in [-0.3, -0.25) is 4.55 Å². The van der Waals surface area contributed by atoms with Crippen LogP contribution in [0.3, 0.4) is 0 Å². The minimum atomic E-state index is -4.26. The molecule has 47 heavy (non-hydrogen) atoms. The van der Waals surface area contributed by atoms with Gasteiger partial charge < -0.3 is 9.80 Å². The summed E-state index contributed by atoms with van der Waals surface area (Å²) in [4.78, 5) is 8.14. The van der Waals surface area contributed by atoms with Crippen molar-refractivity contribution in [2.24, 2.45) is 0 Å². The van der Waals surface area contributed by atoms with Crippen molar-refractivity contribution in [2.75, 3.05) is 42.5 Å². The largest absolute Gasteiger partial charge is 0.372 e. The number of hydrogen-bond acceptors (Lipinski definition) is 4. The number of benzene rings is 4. The number of nitrogens with one attached hydrogen (secondary N) is 1. The molecule has 0 saturated carbocycles. The Morgan fingerprint density at radius 1 is 0.702 bits per heavy atom. The van der Waals surface area contributed by atoms with Gasteiger partial charge in [-0.15, -0.1) is 0 Å². The Morgan fingerprint density at radius 2 is 1.32 bits per heavy atom. The smallest absolute Gasteiger partial charge is 0.294 e. The van der Waals surface area contributed by atoms with Gasteiger partial charge in [0.1, 0.15) is 6.54 Å². The molecule has 6 nitrogen and oxygen atoms in total. The summed E-state index contributed by atoms with van der Waals surface area (Å²) >= 11 is 0. The molecule has 7 heteroatoms. The molecule has 0 saturated heterocycles. The quantitative estimate of drug-likeness (QED) is 0.169. The van der Waals surface area contributed by atoms with Crippen LogP contribution in [0.15, 0.2) is 108 Å². The molecule has 0 amide bonds. The van der Waals surface area contributed by atoms with E-state index in [1.807, 2.05) is 0 Å². The lowest BCUT2D eigenvalue weighted by Crippen LogP contribution is -2.72. The van der Waals surface area contributed by atoms with Gasteiger partial charge in [-0.1, -0.05) is 48.5 Å². The third-order valence-corrected chi connectivity index (χ3v) is 9.80. The summed E-state index contributed by atoms with van der Waals surface area (Å²) in [5.74, 6) is 0. The van der Waals surface area contributed by atoms with Crippen LogP contribution in [0.1, 0.15) is 68.0 Å². The van der Waals surface area contributed by atoms with E-state index >= 15 is 0 Å². The first-order valence-corrected chi connectivity index (χ1v) is 18.1. The Kier molecular flexibility index (Phi) is 10.8. The van der Waals surface area contributed by atoms with Crippen molar-refractivity contribution in [1.82, 2.24) is 0 Å². The van der Waals surface area contributed by atoms with E-state index in [2.05, 4.69) is 128 Å². The maximum absolute atomic E-state index is 11.7. The highest BCUT2D eigenvalue weighted by Crippen LogP contribution is 2.39. The molecule has 0 unspecified atom stereocenters. The van der Waals surface area contributed by atoms with Crippen LogP contribution in [0.4, 0.5) is 11.4 Å². The molecule has 4 aromatic carbocycles. The third kappa shape index (κ3) is 7.42. The molecule has 0 heterocycles. The Balaban J connectivity index is 1.73. The van der Waals surface area contributed by atoms with Crippen LogP contribution < -0.4 is 14.8 Å². The van der Waals surface area contributed by atoms with Gasteiger partial charge in [-0.05, 0) is 129 Å². The van der Waals surface area contributed by atoms with E-state index in [4.69, 9.17) is 0 Å². The molecular formula is C40H46N3O3S+. The fraction of sp³-hybridized carbons (Fsp3) is 0.275. The lowest BCUT2D eigenvalue weighted by atomic mass is 9.83. The summed E-state index contributed by atoms with van der Waals surface area (Å²) in [7, 11) is -4.26. The zero-order chi connectivity index (χ0) is 33.6. The predicted octanol–water partition coefficient (Wildman–Crippen LogP) is 6.64. The Bertz CT molecular complexity index is 1900. The van der Waals surface area contributed by atoms with Crippen molar-refractivity contribution < 1.29 is 18.0 Å². The van der Waals surface area contributed by atoms with Gasteiger partial charge in [0, 0.05) is 43.6 Å². The number of anilines is 2. The Hall–Kier alpha value is -4.46. The van der Waals surface area contributed by atoms with Crippen molar-refractivity contribution in [3.63, 3.8) is 0 Å². The van der Waals surface area contributed by atoms with Crippen LogP contribution in [-0.4, -0.2) is 51.4 Å². The second-order valence-electron chi connectivity index (χ2n) is 11.6. The van der Waals surface area contributed by atoms with Crippen molar-refractivity contribution in [1.29, 1.82) is 0 Å². The summed E-state index contributed by atoms with van der Waals surface area (Å²) in [6.07, 6.45) is 5.03. The van der Waals surface area contributed by atoms with Gasteiger partial charge in [0.05, 0.1) is 10.5 Å². The summed E-state index contributed by atoms with van der Waals surface area (Å²) in [6, 6.07) is 30.8. The van der Waals surface area contributed by atoms with Crippen LogP contribution in [0, 0.1) is 0 Å². The Labute approximate surface area is 280 Å². The summed E-state index contributed by atoms with van der Waals surface area (Å²) in [5, 5.41) is 0. The summed E-state index contributed by atoms with van der Waals surface area (Å²) in [6.45, 7) is 15.3. The minimum Gasteiger partial charge on any atom is -0.372 e. The number of hydrogen-bond donors (Lipinski definition) is 2. The van der Waals surface area contributed by atoms with Gasteiger partial charge in [0.2, 0.25) is 5.71 Å². The minimum absolute atomic E-state index is 0.101. The van der Waals surface area contributed by atoms with E-state index in [9.17, 15) is 13.0 Å². The molecule has 0 fully saturated rings. The molecule has 2 N–H and O–H groups in total. The van der Waals surface area contributed by atoms with E-state index < -0.39 is 10.1 Å². The van der Waals surface area contributed by atoms with E-state index in [1.54, 1.807) is 12.1 Å². The Morgan fingerprint density at radius 3 is 1.91 bits per heavy atom. The highest BCUT2D eigenvalue weighted by atomic mass is 32.2. The molecule has 0 atom stereocenters. The number of fused-ring (bicyclic) bond motifs is 1. The number of allylic oxidation sites excluding steroid dienone is 3. The van der Waals surface area contributed by atoms with Crippen LogP contribution in [0.25, 0.3) is 11.1 Å². The fourth-order valence-corrected chi connectivity index (χ4v) is 7.00. The molecule has 244 valence electrons. The van der Waals surface area contributed by atoms with E-state index in [1.165, 1.54) is 28.9 Å². The normalized spacial score (nSPS) is 14.6. The van der Waals surface area contributed by atoms with Gasteiger partial charge in [-0.25, -0.2) is 4.99 Å². The lowest BCUT2D eigenvalue weighted by Gasteiger charge is -2.26. The first-order valence-electron chi connectivity index (χ1n) is 16.6. The van der Waals surface area contributed by atoms with E-state index in [-0.39, 0.29) is 4.90 Å². The molecule has 0 radical (unpaired) electrons. The van der Waals surface area contributed by atoms with Gasteiger partial charge in [0.25, 0.3) is 10.1 Å². The second-order valence-corrected chi connectivity index (χ2v) is 13.1. The van der Waals surface area contributed by atoms with Crippen molar-refractivity contribution in [3.05, 3.63) is 137 Å². The van der Waals surface area contributed by atoms with Crippen LogP contribution in [0.5, 0.6) is 0 Å². The van der Waals surface area contributed by atoms with Gasteiger partial charge >= 0.3 is 0 Å². The van der Waals surface area contributed by atoms with E-state index in [0.29, 0.717) is 6.42 Å². The standard InChI is InChI=1S/C40H45N3O3S/c1-6-41-38-25-24-37(35-13-11-12-14-36(35)38)40(30-17-20-33(21-18-30)42(7-2)8-3)31-19-26-39(43(9-4)10-5)32(28-31)27-29-15-22-34(23-16-29)47(44,45)46/h11-26,28H,6-10,27H2,1-5H3,(H,44,45,46)/p+1/b40-37-,41-38?. The summed E-state index contributed by atoms with van der Waals surface area (Å²) < 4.78 is 32.9. The van der Waals surface area contributed by atoms with Crippen LogP contribution in [0.2, 0.25) is 0 Å². The van der Waals surface area contributed by atoms with Gasteiger partial charge in [0.15, 0.2) is 0 Å². The summed E-state index contributed by atoms with van der Waals surface area (Å²) in [5.41, 5.74) is 12.5. The van der Waals surface area contributed by atoms with Crippen molar-refractivity contribution in [3.8, 4) is 0 Å². The molecule has 0 aromatic heterocycles. The predicted molar refractivity (Wildman–Crippen MR) is 196 cm³/mol. The highest BCUT2D eigenvalue weighted by Gasteiger charge is 2.23. The molecule has 0 aliphatic heterocycles.